The molecule has 0 amide bonds. The Hall–Kier alpha value is -3.66. The Morgan fingerprint density at radius 2 is 2.04 bits per heavy atom. The summed E-state index contributed by atoms with van der Waals surface area (Å²) in [6.45, 7) is 3.93. The van der Waals surface area contributed by atoms with Gasteiger partial charge < -0.3 is 4.98 Å². The van der Waals surface area contributed by atoms with Gasteiger partial charge in [-0.05, 0) is 23.6 Å². The molecule has 3 aromatic heterocycles. The van der Waals surface area contributed by atoms with Gasteiger partial charge in [-0.2, -0.15) is 20.0 Å². The van der Waals surface area contributed by atoms with E-state index in [0.29, 0.717) is 22.5 Å². The van der Waals surface area contributed by atoms with Crippen molar-refractivity contribution >= 4 is 5.65 Å². The number of hydrogen-bond donors (Lipinski definition) is 2. The first-order chi connectivity index (χ1) is 12.6. The molecule has 0 unspecified atom stereocenters. The van der Waals surface area contributed by atoms with Crippen LogP contribution >= 0.6 is 0 Å². The van der Waals surface area contributed by atoms with Crippen molar-refractivity contribution in [3.8, 4) is 28.6 Å². The predicted molar refractivity (Wildman–Crippen MR) is 97.6 cm³/mol. The molecular weight excluding hydrogens is 328 g/mol. The molecular formula is C19H16N6O. The highest BCUT2D eigenvalue weighted by Gasteiger charge is 2.19. The molecule has 0 fully saturated rings. The second kappa shape index (κ2) is 6.01. The maximum absolute atomic E-state index is 13.0. The topological polar surface area (TPSA) is 103 Å². The fourth-order valence-electron chi connectivity index (χ4n) is 3.13. The van der Waals surface area contributed by atoms with Gasteiger partial charge >= 0.3 is 0 Å². The van der Waals surface area contributed by atoms with Crippen LogP contribution in [0.3, 0.4) is 0 Å². The Balaban J connectivity index is 2.02. The van der Waals surface area contributed by atoms with Crippen molar-refractivity contribution in [2.45, 2.75) is 19.8 Å². The van der Waals surface area contributed by atoms with E-state index in [2.05, 4.69) is 26.3 Å². The zero-order valence-electron chi connectivity index (χ0n) is 14.3. The van der Waals surface area contributed by atoms with Gasteiger partial charge in [0, 0.05) is 17.3 Å². The highest BCUT2D eigenvalue weighted by molar-refractivity contribution is 5.73. The van der Waals surface area contributed by atoms with E-state index in [1.54, 1.807) is 6.20 Å². The number of nitrogens with one attached hydrogen (secondary N) is 2. The fourth-order valence-corrected chi connectivity index (χ4v) is 3.13. The lowest BCUT2D eigenvalue weighted by Crippen LogP contribution is -2.22. The van der Waals surface area contributed by atoms with E-state index in [0.717, 1.165) is 16.8 Å². The van der Waals surface area contributed by atoms with Gasteiger partial charge in [-0.15, -0.1) is 0 Å². The summed E-state index contributed by atoms with van der Waals surface area (Å²) in [6.07, 6.45) is 3.10. The summed E-state index contributed by atoms with van der Waals surface area (Å²) in [4.78, 5) is 16.2. The summed E-state index contributed by atoms with van der Waals surface area (Å²) in [5, 5.41) is 20.3. The predicted octanol–water partition coefficient (Wildman–Crippen LogP) is 3.07. The minimum atomic E-state index is -0.211. The van der Waals surface area contributed by atoms with E-state index in [1.807, 2.05) is 44.2 Å². The number of aromatic nitrogens is 5. The monoisotopic (exact) mass is 344 g/mol. The van der Waals surface area contributed by atoms with E-state index >= 15 is 0 Å². The average Bonchev–Trinajstić information content (AvgIpc) is 3.31. The van der Waals surface area contributed by atoms with Crippen molar-refractivity contribution in [1.82, 2.24) is 24.8 Å². The molecule has 26 heavy (non-hydrogen) atoms. The van der Waals surface area contributed by atoms with Gasteiger partial charge in [-0.25, -0.2) is 0 Å². The number of H-pyrrole nitrogens is 2. The lowest BCUT2D eigenvalue weighted by Gasteiger charge is -2.14. The molecule has 7 nitrogen and oxygen atoms in total. The van der Waals surface area contributed by atoms with Crippen LogP contribution in [0.4, 0.5) is 0 Å². The van der Waals surface area contributed by atoms with Gasteiger partial charge in [-0.1, -0.05) is 32.0 Å². The highest BCUT2D eigenvalue weighted by Crippen LogP contribution is 2.29. The summed E-state index contributed by atoms with van der Waals surface area (Å²) in [5.41, 5.74) is 4.59. The first-order valence-electron chi connectivity index (χ1n) is 8.24. The molecule has 3 heterocycles. The largest absolute Gasteiger partial charge is 0.338 e. The van der Waals surface area contributed by atoms with Crippen molar-refractivity contribution in [3.63, 3.8) is 0 Å². The molecule has 0 saturated heterocycles. The van der Waals surface area contributed by atoms with Crippen LogP contribution in [0.5, 0.6) is 0 Å². The number of benzene rings is 1. The van der Waals surface area contributed by atoms with Gasteiger partial charge in [0.15, 0.2) is 5.65 Å². The van der Waals surface area contributed by atoms with Crippen molar-refractivity contribution in [1.29, 1.82) is 5.26 Å². The van der Waals surface area contributed by atoms with Crippen LogP contribution < -0.4 is 5.56 Å². The molecule has 0 spiro atoms. The average molecular weight is 344 g/mol. The standard InChI is InChI=1S/C19H16N6O/c1-11(2)16-17(23-18-14(9-20)10-22-25(18)19(16)26)13-5-3-4-12(8-13)15-6-7-21-24-15/h3-8,10-11,23H,1-2H3,(H,21,24). The van der Waals surface area contributed by atoms with Crippen LogP contribution in [-0.4, -0.2) is 24.8 Å². The minimum absolute atomic E-state index is 0.0105. The van der Waals surface area contributed by atoms with E-state index in [1.165, 1.54) is 10.7 Å². The molecule has 128 valence electrons. The molecule has 4 aromatic rings. The van der Waals surface area contributed by atoms with Crippen LogP contribution in [-0.2, 0) is 0 Å². The molecule has 0 aliphatic heterocycles. The number of fused-ring (bicyclic) bond motifs is 1. The van der Waals surface area contributed by atoms with Gasteiger partial charge in [0.05, 0.1) is 17.6 Å². The molecule has 1 aromatic carbocycles. The number of nitriles is 1. The Morgan fingerprint density at radius 1 is 1.23 bits per heavy atom. The second-order valence-electron chi connectivity index (χ2n) is 6.36. The zero-order chi connectivity index (χ0) is 18.3. The third kappa shape index (κ3) is 2.40. The van der Waals surface area contributed by atoms with Crippen LogP contribution in [0.25, 0.3) is 28.2 Å². The van der Waals surface area contributed by atoms with Crippen molar-refractivity contribution in [2.24, 2.45) is 0 Å². The minimum Gasteiger partial charge on any atom is -0.338 e. The number of rotatable bonds is 3. The molecule has 2 N–H and O–H groups in total. The van der Waals surface area contributed by atoms with Crippen LogP contribution in [0.1, 0.15) is 30.9 Å². The van der Waals surface area contributed by atoms with E-state index < -0.39 is 0 Å². The Labute approximate surface area is 148 Å². The van der Waals surface area contributed by atoms with Crippen LogP contribution in [0, 0.1) is 11.3 Å². The molecule has 4 rings (SSSR count). The smallest absolute Gasteiger partial charge is 0.278 e. The summed E-state index contributed by atoms with van der Waals surface area (Å²) in [6, 6.07) is 11.8. The van der Waals surface area contributed by atoms with Crippen molar-refractivity contribution in [3.05, 3.63) is 64.2 Å². The summed E-state index contributed by atoms with van der Waals surface area (Å²) >= 11 is 0. The summed E-state index contributed by atoms with van der Waals surface area (Å²) in [7, 11) is 0. The second-order valence-corrected chi connectivity index (χ2v) is 6.36. The van der Waals surface area contributed by atoms with Crippen LogP contribution in [0.15, 0.2) is 47.5 Å². The molecule has 0 aliphatic rings. The Bertz CT molecular complexity index is 1190. The van der Waals surface area contributed by atoms with E-state index in [4.69, 9.17) is 0 Å². The molecule has 0 bridgehead atoms. The van der Waals surface area contributed by atoms with Crippen molar-refractivity contribution < 1.29 is 0 Å². The normalized spacial score (nSPS) is 11.2. The fraction of sp³-hybridized carbons (Fsp3) is 0.158. The Kier molecular flexibility index (Phi) is 3.66. The zero-order valence-corrected chi connectivity index (χ0v) is 14.3. The van der Waals surface area contributed by atoms with Gasteiger partial charge in [0.1, 0.15) is 11.6 Å². The summed E-state index contributed by atoms with van der Waals surface area (Å²) in [5.74, 6) is -0.0105. The van der Waals surface area contributed by atoms with Gasteiger partial charge in [0.2, 0.25) is 0 Å². The van der Waals surface area contributed by atoms with E-state index in [-0.39, 0.29) is 11.5 Å². The quantitative estimate of drug-likeness (QED) is 0.596. The molecule has 0 atom stereocenters. The molecule has 0 aliphatic carbocycles. The third-order valence-corrected chi connectivity index (χ3v) is 4.37. The molecule has 0 saturated carbocycles. The van der Waals surface area contributed by atoms with E-state index in [9.17, 15) is 10.1 Å². The number of nitrogens with zero attached hydrogens (tertiary/aromatic N) is 4. The maximum Gasteiger partial charge on any atom is 0.278 e. The van der Waals surface area contributed by atoms with Gasteiger partial charge in [0.25, 0.3) is 5.56 Å². The summed E-state index contributed by atoms with van der Waals surface area (Å²) < 4.78 is 1.26. The lowest BCUT2D eigenvalue weighted by atomic mass is 9.96. The SMILES string of the molecule is CC(C)c1c(-c2cccc(-c3ccn[nH]3)c2)[nH]c2c(C#N)cnn2c1=O. The van der Waals surface area contributed by atoms with Gasteiger partial charge in [-0.3, -0.25) is 9.89 Å². The number of aromatic amines is 2. The molecule has 7 heteroatoms. The molecule has 0 radical (unpaired) electrons. The lowest BCUT2D eigenvalue weighted by molar-refractivity contribution is 0.797. The Morgan fingerprint density at radius 3 is 2.73 bits per heavy atom. The highest BCUT2D eigenvalue weighted by atomic mass is 16.1. The first kappa shape index (κ1) is 15.8. The number of hydrogen-bond acceptors (Lipinski definition) is 4. The third-order valence-electron chi connectivity index (χ3n) is 4.37. The first-order valence-corrected chi connectivity index (χ1v) is 8.24. The maximum atomic E-state index is 13.0. The van der Waals surface area contributed by atoms with Crippen molar-refractivity contribution in [2.75, 3.05) is 0 Å². The van der Waals surface area contributed by atoms with Crippen LogP contribution in [0.2, 0.25) is 0 Å².